The van der Waals surface area contributed by atoms with E-state index in [-0.39, 0.29) is 18.5 Å². The van der Waals surface area contributed by atoms with Crippen molar-refractivity contribution in [3.8, 4) is 0 Å². The summed E-state index contributed by atoms with van der Waals surface area (Å²) < 4.78 is 5.47. The van der Waals surface area contributed by atoms with Crippen LogP contribution in [0.4, 0.5) is 0 Å². The van der Waals surface area contributed by atoms with Gasteiger partial charge in [0.05, 0.1) is 25.4 Å². The van der Waals surface area contributed by atoms with Gasteiger partial charge in [-0.3, -0.25) is 9.59 Å². The second kappa shape index (κ2) is 47.3. The molecule has 1 amide bonds. The summed E-state index contributed by atoms with van der Waals surface area (Å²) in [6, 6.07) is -0.634. The van der Waals surface area contributed by atoms with Gasteiger partial charge in [-0.05, 0) is 32.1 Å². The number of amides is 1. The lowest BCUT2D eigenvalue weighted by molar-refractivity contribution is -0.143. The number of aliphatic hydroxyl groups is 2. The molecule has 2 atom stereocenters. The summed E-state index contributed by atoms with van der Waals surface area (Å²) >= 11 is 0. The number of unbranched alkanes of at least 4 members (excludes halogenated alkanes) is 36. The van der Waals surface area contributed by atoms with Crippen LogP contribution in [-0.2, 0) is 14.3 Å². The number of carbonyl (C=O) groups is 2. The number of carbonyl (C=O) groups excluding carboxylic acids is 2. The Morgan fingerprint density at radius 2 is 0.807 bits per heavy atom. The highest BCUT2D eigenvalue weighted by Crippen LogP contribution is 2.16. The number of rotatable bonds is 47. The molecular formula is C51H99NO5. The molecule has 0 radical (unpaired) electrons. The van der Waals surface area contributed by atoms with Gasteiger partial charge < -0.3 is 20.3 Å². The lowest BCUT2D eigenvalue weighted by Crippen LogP contribution is -2.45. The first-order valence-electron chi connectivity index (χ1n) is 25.5. The van der Waals surface area contributed by atoms with E-state index < -0.39 is 12.1 Å². The third-order valence-electron chi connectivity index (χ3n) is 11.8. The molecule has 0 rings (SSSR count). The molecule has 0 heterocycles. The fourth-order valence-electron chi connectivity index (χ4n) is 7.87. The van der Waals surface area contributed by atoms with Crippen LogP contribution in [0.3, 0.4) is 0 Å². The maximum Gasteiger partial charge on any atom is 0.305 e. The molecule has 0 aliphatic carbocycles. The summed E-state index contributed by atoms with van der Waals surface area (Å²) in [4.78, 5) is 24.4. The molecule has 6 nitrogen and oxygen atoms in total. The Bertz CT molecular complexity index is 847. The van der Waals surface area contributed by atoms with E-state index in [2.05, 4.69) is 19.2 Å². The fraction of sp³-hybridized carbons (Fsp3) is 0.922. The van der Waals surface area contributed by atoms with E-state index in [9.17, 15) is 19.8 Å². The zero-order valence-electron chi connectivity index (χ0n) is 38.3. The summed E-state index contributed by atoms with van der Waals surface area (Å²) in [7, 11) is 0. The lowest BCUT2D eigenvalue weighted by Gasteiger charge is -2.20. The van der Waals surface area contributed by atoms with E-state index in [0.29, 0.717) is 19.4 Å². The van der Waals surface area contributed by atoms with E-state index in [0.717, 1.165) is 57.8 Å². The molecule has 0 aliphatic heterocycles. The summed E-state index contributed by atoms with van der Waals surface area (Å²) in [6.07, 6.45) is 53.6. The summed E-state index contributed by atoms with van der Waals surface area (Å²) in [5.41, 5.74) is 0. The van der Waals surface area contributed by atoms with Gasteiger partial charge in [-0.1, -0.05) is 244 Å². The normalized spacial score (nSPS) is 12.7. The zero-order valence-corrected chi connectivity index (χ0v) is 38.3. The number of allylic oxidation sites excluding steroid dienone is 1. The van der Waals surface area contributed by atoms with Crippen molar-refractivity contribution in [1.82, 2.24) is 5.32 Å². The summed E-state index contributed by atoms with van der Waals surface area (Å²) in [5, 5.41) is 22.9. The molecule has 0 fully saturated rings. The van der Waals surface area contributed by atoms with Crippen LogP contribution in [0.15, 0.2) is 12.2 Å². The smallest absolute Gasteiger partial charge is 0.305 e. The molecule has 0 bridgehead atoms. The summed E-state index contributed by atoms with van der Waals surface area (Å²) in [6.45, 7) is 4.86. The van der Waals surface area contributed by atoms with Gasteiger partial charge in [0.15, 0.2) is 0 Å². The van der Waals surface area contributed by atoms with Crippen LogP contribution in [0.2, 0.25) is 0 Å². The molecule has 0 aromatic carbocycles. The first-order valence-corrected chi connectivity index (χ1v) is 25.5. The lowest BCUT2D eigenvalue weighted by atomic mass is 10.0. The van der Waals surface area contributed by atoms with Gasteiger partial charge in [0, 0.05) is 12.8 Å². The molecule has 0 spiro atoms. The SMILES string of the molecule is CCCCCCCCCC/C=C/C(O)C(CO)NC(=O)CCCCCCCCCCCCCCCOC(=O)CCCCCCCCCCCCCCCCCCC. The molecule has 57 heavy (non-hydrogen) atoms. The topological polar surface area (TPSA) is 95.9 Å². The van der Waals surface area contributed by atoms with E-state index >= 15 is 0 Å². The molecule has 3 N–H and O–H groups in total. The van der Waals surface area contributed by atoms with Crippen LogP contribution in [0, 0.1) is 0 Å². The zero-order chi connectivity index (χ0) is 41.5. The minimum atomic E-state index is -0.849. The number of aliphatic hydroxyl groups excluding tert-OH is 2. The van der Waals surface area contributed by atoms with Gasteiger partial charge in [0.2, 0.25) is 5.91 Å². The number of nitrogens with one attached hydrogen (secondary N) is 1. The van der Waals surface area contributed by atoms with Crippen molar-refractivity contribution in [1.29, 1.82) is 0 Å². The molecule has 338 valence electrons. The Morgan fingerprint density at radius 3 is 1.19 bits per heavy atom. The van der Waals surface area contributed by atoms with Gasteiger partial charge in [0.25, 0.3) is 0 Å². The minimum Gasteiger partial charge on any atom is -0.466 e. The highest BCUT2D eigenvalue weighted by atomic mass is 16.5. The van der Waals surface area contributed by atoms with Crippen molar-refractivity contribution >= 4 is 11.9 Å². The Morgan fingerprint density at radius 1 is 0.474 bits per heavy atom. The monoisotopic (exact) mass is 806 g/mol. The first-order chi connectivity index (χ1) is 28.0. The quantitative estimate of drug-likeness (QED) is 0.0323. The molecule has 0 aliphatic rings. The molecule has 0 saturated heterocycles. The van der Waals surface area contributed by atoms with Crippen LogP contribution < -0.4 is 5.32 Å². The third-order valence-corrected chi connectivity index (χ3v) is 11.8. The maximum absolute atomic E-state index is 12.4. The third kappa shape index (κ3) is 44.0. The van der Waals surface area contributed by atoms with Crippen molar-refractivity contribution in [2.75, 3.05) is 13.2 Å². The average Bonchev–Trinajstić information content (AvgIpc) is 3.21. The van der Waals surface area contributed by atoms with Crippen LogP contribution in [0.1, 0.15) is 277 Å². The van der Waals surface area contributed by atoms with Crippen LogP contribution in [0.5, 0.6) is 0 Å². The van der Waals surface area contributed by atoms with Crippen molar-refractivity contribution in [2.45, 2.75) is 289 Å². The second-order valence-corrected chi connectivity index (χ2v) is 17.5. The predicted octanol–water partition coefficient (Wildman–Crippen LogP) is 15.0. The van der Waals surface area contributed by atoms with Gasteiger partial charge >= 0.3 is 5.97 Å². The summed E-state index contributed by atoms with van der Waals surface area (Å²) in [5.74, 6) is -0.0852. The van der Waals surface area contributed by atoms with Crippen LogP contribution in [-0.4, -0.2) is 47.4 Å². The van der Waals surface area contributed by atoms with Crippen LogP contribution in [0.25, 0.3) is 0 Å². The van der Waals surface area contributed by atoms with Crippen molar-refractivity contribution < 1.29 is 24.5 Å². The molecule has 0 saturated carbocycles. The number of hydrogen-bond acceptors (Lipinski definition) is 5. The van der Waals surface area contributed by atoms with Crippen molar-refractivity contribution in [2.24, 2.45) is 0 Å². The van der Waals surface area contributed by atoms with Crippen LogP contribution >= 0.6 is 0 Å². The Labute approximate surface area is 355 Å². The average molecular weight is 806 g/mol. The highest BCUT2D eigenvalue weighted by molar-refractivity contribution is 5.76. The molecule has 6 heteroatoms. The Balaban J connectivity index is 3.42. The van der Waals surface area contributed by atoms with E-state index in [1.54, 1.807) is 6.08 Å². The van der Waals surface area contributed by atoms with Gasteiger partial charge in [-0.25, -0.2) is 0 Å². The molecule has 0 aromatic heterocycles. The highest BCUT2D eigenvalue weighted by Gasteiger charge is 2.18. The standard InChI is InChI=1S/C51H99NO5/c1-3-5-7-9-11-13-15-16-17-18-19-22-25-29-33-37-41-45-51(56)57-46-42-38-34-30-26-23-20-21-24-28-32-36-40-44-50(55)52-48(47-53)49(54)43-39-35-31-27-14-12-10-8-6-4-2/h39,43,48-49,53-54H,3-38,40-42,44-47H2,1-2H3,(H,52,55)/b43-39+. The Hall–Kier alpha value is -1.40. The minimum absolute atomic E-state index is 0.00327. The largest absolute Gasteiger partial charge is 0.466 e. The van der Waals surface area contributed by atoms with Crippen molar-refractivity contribution in [3.63, 3.8) is 0 Å². The predicted molar refractivity (Wildman–Crippen MR) is 246 cm³/mol. The number of hydrogen-bond donors (Lipinski definition) is 3. The molecule has 0 aromatic rings. The van der Waals surface area contributed by atoms with Crippen molar-refractivity contribution in [3.05, 3.63) is 12.2 Å². The van der Waals surface area contributed by atoms with Gasteiger partial charge in [-0.2, -0.15) is 0 Å². The number of ether oxygens (including phenoxy) is 1. The molecule has 2 unspecified atom stereocenters. The number of esters is 1. The maximum atomic E-state index is 12.4. The Kier molecular flexibility index (Phi) is 46.1. The van der Waals surface area contributed by atoms with E-state index in [1.165, 1.54) is 193 Å². The van der Waals surface area contributed by atoms with Gasteiger partial charge in [0.1, 0.15) is 0 Å². The fourth-order valence-corrected chi connectivity index (χ4v) is 7.87. The van der Waals surface area contributed by atoms with E-state index in [4.69, 9.17) is 4.74 Å². The van der Waals surface area contributed by atoms with Gasteiger partial charge in [-0.15, -0.1) is 0 Å². The first kappa shape index (κ1) is 55.6. The molecular weight excluding hydrogens is 707 g/mol. The second-order valence-electron chi connectivity index (χ2n) is 17.5. The van der Waals surface area contributed by atoms with E-state index in [1.807, 2.05) is 6.08 Å².